The molecule has 0 fully saturated rings. The number of ether oxygens (including phenoxy) is 1. The Morgan fingerprint density at radius 1 is 0.950 bits per heavy atom. The maximum Gasteiger partial charge on any atom is 0.332 e. The number of para-hydroxylation sites is 1. The van der Waals surface area contributed by atoms with E-state index in [0.717, 1.165) is 0 Å². The Balaban J connectivity index is 2.61. The van der Waals surface area contributed by atoms with E-state index >= 15 is 0 Å². The molecule has 102 valence electrons. The van der Waals surface area contributed by atoms with Crippen molar-refractivity contribution >= 4 is 45.3 Å². The molecule has 7 heteroatoms. The highest BCUT2D eigenvalue weighted by Crippen LogP contribution is 2.27. The highest BCUT2D eigenvalue weighted by atomic mass is 35.5. The fraction of sp³-hybridized carbons (Fsp3) is 0.0769. The van der Waals surface area contributed by atoms with E-state index in [1.165, 1.54) is 19.2 Å². The average Bonchev–Trinajstić information content (AvgIpc) is 2.46. The lowest BCUT2D eigenvalue weighted by Crippen LogP contribution is -2.39. The van der Waals surface area contributed by atoms with E-state index in [-0.39, 0.29) is 32.1 Å². The molecule has 0 spiro atoms. The van der Waals surface area contributed by atoms with Gasteiger partial charge < -0.3 is 15.2 Å². The van der Waals surface area contributed by atoms with Crippen LogP contribution in [-0.4, -0.2) is 7.11 Å². The first-order chi connectivity index (χ1) is 9.54. The summed E-state index contributed by atoms with van der Waals surface area (Å²) in [4.78, 5) is 0. The third-order valence-corrected chi connectivity index (χ3v) is 3.80. The second-order valence-electron chi connectivity index (χ2n) is 4.17. The van der Waals surface area contributed by atoms with Crippen LogP contribution in [0.1, 0.15) is 0 Å². The molecule has 1 heterocycles. The molecule has 0 aliphatic carbocycles. The summed E-state index contributed by atoms with van der Waals surface area (Å²) >= 11 is 11.8. The quantitative estimate of drug-likeness (QED) is 0.394. The number of hydrogen-bond acceptors (Lipinski definition) is 3. The van der Waals surface area contributed by atoms with Gasteiger partial charge in [-0.2, -0.15) is 9.46 Å². The molecule has 5 nitrogen and oxygen atoms in total. The van der Waals surface area contributed by atoms with E-state index in [1.54, 1.807) is 18.2 Å². The molecule has 3 aromatic rings. The number of fused-ring (bicyclic) bond motifs is 2. The van der Waals surface area contributed by atoms with Crippen molar-refractivity contribution < 1.29 is 14.2 Å². The Bertz CT molecular complexity index is 852. The molecular formula is C13H8Cl2N2O3. The number of halogens is 2. The number of rotatable bonds is 1. The molecule has 0 unspecified atom stereocenters. The van der Waals surface area contributed by atoms with Crippen LogP contribution in [0.5, 0.6) is 5.75 Å². The van der Waals surface area contributed by atoms with Crippen LogP contribution in [0.4, 0.5) is 0 Å². The fourth-order valence-corrected chi connectivity index (χ4v) is 2.46. The summed E-state index contributed by atoms with van der Waals surface area (Å²) in [6, 6.07) is 7.53. The number of nitrogens with zero attached hydrogens (tertiary/aromatic N) is 2. The number of benzene rings is 2. The maximum absolute atomic E-state index is 12.5. The Morgan fingerprint density at radius 2 is 1.55 bits per heavy atom. The second kappa shape index (κ2) is 4.54. The van der Waals surface area contributed by atoms with Crippen molar-refractivity contribution in [3.63, 3.8) is 0 Å². The minimum absolute atomic E-state index is 0.131. The van der Waals surface area contributed by atoms with Crippen LogP contribution in [-0.2, 0) is 0 Å². The van der Waals surface area contributed by atoms with Crippen molar-refractivity contribution in [2.24, 2.45) is 0 Å². The van der Waals surface area contributed by atoms with E-state index < -0.39 is 0 Å². The number of hydrogen-bond donors (Lipinski definition) is 0. The molecule has 0 amide bonds. The third kappa shape index (κ3) is 1.71. The van der Waals surface area contributed by atoms with Crippen molar-refractivity contribution in [3.05, 3.63) is 50.8 Å². The van der Waals surface area contributed by atoms with Crippen LogP contribution < -0.4 is 14.2 Å². The van der Waals surface area contributed by atoms with Crippen molar-refractivity contribution in [1.29, 1.82) is 0 Å². The lowest BCUT2D eigenvalue weighted by molar-refractivity contribution is -0.591. The van der Waals surface area contributed by atoms with E-state index in [2.05, 4.69) is 0 Å². The first-order valence-corrected chi connectivity index (χ1v) is 6.40. The summed E-state index contributed by atoms with van der Waals surface area (Å²) in [5.41, 5.74) is 0.627. The first-order valence-electron chi connectivity index (χ1n) is 5.65. The molecule has 0 aliphatic heterocycles. The molecule has 20 heavy (non-hydrogen) atoms. The van der Waals surface area contributed by atoms with Crippen molar-refractivity contribution in [2.75, 3.05) is 7.11 Å². The molecule has 2 aromatic carbocycles. The van der Waals surface area contributed by atoms with E-state index in [9.17, 15) is 10.4 Å². The van der Waals surface area contributed by atoms with Gasteiger partial charge in [0.1, 0.15) is 0 Å². The highest BCUT2D eigenvalue weighted by Gasteiger charge is 2.25. The van der Waals surface area contributed by atoms with Crippen LogP contribution in [0.2, 0.25) is 10.0 Å². The van der Waals surface area contributed by atoms with Crippen LogP contribution >= 0.6 is 23.2 Å². The Labute approximate surface area is 123 Å². The van der Waals surface area contributed by atoms with Crippen molar-refractivity contribution in [1.82, 2.24) is 0 Å². The van der Waals surface area contributed by atoms with Crippen LogP contribution in [0.25, 0.3) is 22.1 Å². The van der Waals surface area contributed by atoms with Gasteiger partial charge in [-0.1, -0.05) is 29.3 Å². The van der Waals surface area contributed by atoms with Gasteiger partial charge in [-0.05, 0) is 6.07 Å². The van der Waals surface area contributed by atoms with Crippen LogP contribution in [0.3, 0.4) is 0 Å². The lowest BCUT2D eigenvalue weighted by atomic mass is 10.2. The van der Waals surface area contributed by atoms with Gasteiger partial charge in [0.15, 0.2) is 5.75 Å². The van der Waals surface area contributed by atoms with E-state index in [4.69, 9.17) is 27.9 Å². The number of aromatic nitrogens is 2. The van der Waals surface area contributed by atoms with Gasteiger partial charge in [0.25, 0.3) is 16.6 Å². The molecule has 1 aromatic heterocycles. The first kappa shape index (κ1) is 13.0. The largest absolute Gasteiger partial charge is 0.617 e. The average molecular weight is 311 g/mol. The SMILES string of the molecule is COc1cccc2c1[n+]([O-])c1cc(Cl)c(Cl)cc1[n+]2[O-]. The predicted octanol–water partition coefficient (Wildman–Crippen LogP) is 2.58. The predicted molar refractivity (Wildman–Crippen MR) is 75.9 cm³/mol. The molecule has 0 saturated heterocycles. The highest BCUT2D eigenvalue weighted by molar-refractivity contribution is 6.42. The smallest absolute Gasteiger partial charge is 0.332 e. The Kier molecular flexibility index (Phi) is 2.96. The molecule has 0 N–H and O–H groups in total. The normalized spacial score (nSPS) is 11.2. The fourth-order valence-electron chi connectivity index (χ4n) is 2.14. The summed E-state index contributed by atoms with van der Waals surface area (Å²) in [6.07, 6.45) is 0. The standard InChI is InChI=1S/C13H8Cl2N2O3/c1-20-12-4-2-3-9-13(12)17(19)11-6-8(15)7(14)5-10(11)16(9)18/h2-6H,1H3. The van der Waals surface area contributed by atoms with Crippen molar-refractivity contribution in [3.8, 4) is 5.75 Å². The second-order valence-corrected chi connectivity index (χ2v) is 4.99. The minimum Gasteiger partial charge on any atom is -0.617 e. The Morgan fingerprint density at radius 3 is 2.15 bits per heavy atom. The lowest BCUT2D eigenvalue weighted by Gasteiger charge is -2.10. The maximum atomic E-state index is 12.5. The number of methoxy groups -OCH3 is 1. The summed E-state index contributed by atoms with van der Waals surface area (Å²) in [6.45, 7) is 0. The minimum atomic E-state index is 0.131. The summed E-state index contributed by atoms with van der Waals surface area (Å²) in [5.74, 6) is 0.315. The van der Waals surface area contributed by atoms with E-state index in [0.29, 0.717) is 15.2 Å². The topological polar surface area (TPSA) is 63.1 Å². The van der Waals surface area contributed by atoms with Gasteiger partial charge in [0.2, 0.25) is 0 Å². The van der Waals surface area contributed by atoms with E-state index in [1.807, 2.05) is 0 Å². The molecule has 0 atom stereocenters. The molecule has 0 aliphatic rings. The molecule has 3 rings (SSSR count). The molecule has 0 saturated carbocycles. The molecule has 0 radical (unpaired) electrons. The molecule has 0 bridgehead atoms. The van der Waals surface area contributed by atoms with Crippen molar-refractivity contribution in [2.45, 2.75) is 0 Å². The summed E-state index contributed by atoms with van der Waals surface area (Å²) in [5, 5.41) is 25.3. The van der Waals surface area contributed by atoms with Gasteiger partial charge in [-0.25, -0.2) is 0 Å². The van der Waals surface area contributed by atoms with Gasteiger partial charge in [-0.15, -0.1) is 0 Å². The molecular weight excluding hydrogens is 303 g/mol. The zero-order chi connectivity index (χ0) is 14.4. The summed E-state index contributed by atoms with van der Waals surface area (Å²) in [7, 11) is 1.43. The van der Waals surface area contributed by atoms with Crippen LogP contribution in [0, 0.1) is 10.4 Å². The zero-order valence-electron chi connectivity index (χ0n) is 10.3. The van der Waals surface area contributed by atoms with Gasteiger partial charge >= 0.3 is 5.52 Å². The van der Waals surface area contributed by atoms with Gasteiger partial charge in [-0.3, -0.25) is 0 Å². The zero-order valence-corrected chi connectivity index (χ0v) is 11.8. The van der Waals surface area contributed by atoms with Crippen LogP contribution in [0.15, 0.2) is 30.3 Å². The monoisotopic (exact) mass is 310 g/mol. The van der Waals surface area contributed by atoms with Gasteiger partial charge in [0, 0.05) is 18.2 Å². The Hall–Kier alpha value is -1.98. The third-order valence-electron chi connectivity index (χ3n) is 3.07. The van der Waals surface area contributed by atoms with Gasteiger partial charge in [0.05, 0.1) is 17.2 Å². The summed E-state index contributed by atoms with van der Waals surface area (Å²) < 4.78 is 6.40.